The molecule has 0 bridgehead atoms. The third kappa shape index (κ3) is 24.3. The number of rotatable bonds is 6. The monoisotopic (exact) mass is 306 g/mol. The van der Waals surface area contributed by atoms with Gasteiger partial charge >= 0.3 is 18.2 Å². The molecule has 0 unspecified atom stereocenters. The minimum atomic E-state index is -5.35. The van der Waals surface area contributed by atoms with E-state index in [1.54, 1.807) is 12.1 Å². The third-order valence-corrected chi connectivity index (χ3v) is 3.34. The van der Waals surface area contributed by atoms with Gasteiger partial charge in [-0.1, -0.05) is 0 Å². The van der Waals surface area contributed by atoms with Crippen LogP contribution in [-0.4, -0.2) is 18.2 Å². The Morgan fingerprint density at radius 1 is 0.667 bits per heavy atom. The largest absolute Gasteiger partial charge is 0.616 e. The molecule has 10 heteroatoms. The molecule has 0 spiro atoms. The van der Waals surface area contributed by atoms with Gasteiger partial charge in [-0.2, -0.15) is 10.5 Å². The van der Waals surface area contributed by atoms with Crippen molar-refractivity contribution < 1.29 is 24.6 Å². The van der Waals surface area contributed by atoms with Gasteiger partial charge < -0.3 is 0 Å². The SMILES string of the molecule is N#CCCC[Si](F)(F)F.N#CCCC[Si](F)(F)F. The lowest BCUT2D eigenvalue weighted by molar-refractivity contribution is 0.462. The van der Waals surface area contributed by atoms with Crippen LogP contribution in [0.5, 0.6) is 0 Å². The van der Waals surface area contributed by atoms with E-state index in [2.05, 4.69) is 0 Å². The standard InChI is InChI=1S/2C4H6F3NSi/c2*5-9(6,7)4-2-1-3-8/h2*1-2,4H2. The average molecular weight is 306 g/mol. The lowest BCUT2D eigenvalue weighted by Crippen LogP contribution is -2.13. The topological polar surface area (TPSA) is 47.6 Å². The molecule has 104 valence electrons. The summed E-state index contributed by atoms with van der Waals surface area (Å²) in [5.41, 5.74) is 0. The lowest BCUT2D eigenvalue weighted by atomic mass is 10.4. The molecule has 2 nitrogen and oxygen atoms in total. The van der Waals surface area contributed by atoms with Crippen molar-refractivity contribution in [2.45, 2.75) is 37.8 Å². The lowest BCUT2D eigenvalue weighted by Gasteiger charge is -1.96. The first kappa shape index (κ1) is 19.3. The first-order valence-electron chi connectivity index (χ1n) is 5.00. The molecule has 0 N–H and O–H groups in total. The molecule has 0 aliphatic rings. The third-order valence-electron chi connectivity index (χ3n) is 1.50. The van der Waals surface area contributed by atoms with Crippen molar-refractivity contribution in [1.29, 1.82) is 10.5 Å². The van der Waals surface area contributed by atoms with Gasteiger partial charge in [0.1, 0.15) is 0 Å². The molecule has 0 saturated carbocycles. The highest BCUT2D eigenvalue weighted by Gasteiger charge is 2.35. The van der Waals surface area contributed by atoms with Crippen LogP contribution in [0.1, 0.15) is 25.7 Å². The molecule has 0 rings (SSSR count). The summed E-state index contributed by atoms with van der Waals surface area (Å²) in [7, 11) is -10.7. The molecule has 0 aromatic carbocycles. The minimum absolute atomic E-state index is 0.0203. The normalized spacial score (nSPS) is 10.9. The van der Waals surface area contributed by atoms with Crippen molar-refractivity contribution in [3.8, 4) is 12.1 Å². The van der Waals surface area contributed by atoms with Gasteiger partial charge in [-0.05, 0) is 12.8 Å². The summed E-state index contributed by atoms with van der Waals surface area (Å²) in [6.07, 6.45) is -0.00252. The number of unbranched alkanes of at least 4 members (excludes halogenated alkanes) is 2. The van der Waals surface area contributed by atoms with E-state index in [1.165, 1.54) is 0 Å². The molecule has 0 atom stereocenters. The van der Waals surface area contributed by atoms with Crippen LogP contribution in [-0.2, 0) is 0 Å². The van der Waals surface area contributed by atoms with Crippen LogP contribution in [0.3, 0.4) is 0 Å². The average Bonchev–Trinajstić information content (AvgIpc) is 2.16. The second-order valence-corrected chi connectivity index (χ2v) is 6.71. The Balaban J connectivity index is 0. The summed E-state index contributed by atoms with van der Waals surface area (Å²) < 4.78 is 68.5. The van der Waals surface area contributed by atoms with Crippen molar-refractivity contribution in [2.75, 3.05) is 0 Å². The fourth-order valence-corrected chi connectivity index (χ4v) is 1.89. The Labute approximate surface area is 104 Å². The maximum absolute atomic E-state index is 11.4. The summed E-state index contributed by atoms with van der Waals surface area (Å²) in [6.45, 7) is 0. The quantitative estimate of drug-likeness (QED) is 0.318. The van der Waals surface area contributed by atoms with E-state index in [4.69, 9.17) is 10.5 Å². The predicted molar refractivity (Wildman–Crippen MR) is 57.5 cm³/mol. The Bertz CT molecular complexity index is 258. The molecule has 0 aliphatic heterocycles. The zero-order valence-electron chi connectivity index (χ0n) is 9.40. The van der Waals surface area contributed by atoms with E-state index in [-0.39, 0.29) is 25.7 Å². The first-order valence-corrected chi connectivity index (χ1v) is 8.68. The van der Waals surface area contributed by atoms with Gasteiger partial charge in [0.15, 0.2) is 0 Å². The zero-order valence-corrected chi connectivity index (χ0v) is 11.4. The Morgan fingerprint density at radius 3 is 1.11 bits per heavy atom. The summed E-state index contributed by atoms with van der Waals surface area (Å²) in [6, 6.07) is 1.91. The van der Waals surface area contributed by atoms with Crippen LogP contribution in [0.15, 0.2) is 0 Å². The second-order valence-electron chi connectivity index (χ2n) is 3.25. The van der Waals surface area contributed by atoms with Crippen LogP contribution in [0.4, 0.5) is 24.6 Å². The van der Waals surface area contributed by atoms with Gasteiger partial charge in [0.25, 0.3) is 0 Å². The Kier molecular flexibility index (Phi) is 10.7. The van der Waals surface area contributed by atoms with Gasteiger partial charge in [0.05, 0.1) is 12.1 Å². The van der Waals surface area contributed by atoms with Crippen LogP contribution < -0.4 is 0 Å². The molecule has 18 heavy (non-hydrogen) atoms. The number of nitrogens with zero attached hydrogens (tertiary/aromatic N) is 2. The summed E-state index contributed by atoms with van der Waals surface area (Å²) in [4.78, 5) is 0. The summed E-state index contributed by atoms with van der Waals surface area (Å²) in [5, 5.41) is 15.7. The van der Waals surface area contributed by atoms with Crippen molar-refractivity contribution >= 4 is 18.2 Å². The molecule has 0 aromatic heterocycles. The number of nitriles is 2. The molecule has 0 aliphatic carbocycles. The van der Waals surface area contributed by atoms with Crippen molar-refractivity contribution in [1.82, 2.24) is 0 Å². The summed E-state index contributed by atoms with van der Waals surface area (Å²) in [5.74, 6) is 0. The zero-order chi connectivity index (χ0) is 14.7. The van der Waals surface area contributed by atoms with E-state index in [0.717, 1.165) is 0 Å². The molecule has 0 fully saturated rings. The fourth-order valence-electron chi connectivity index (χ4n) is 0.736. The van der Waals surface area contributed by atoms with Crippen LogP contribution in [0, 0.1) is 22.7 Å². The molecule has 0 heterocycles. The molecular weight excluding hydrogens is 294 g/mol. The maximum atomic E-state index is 11.4. The number of hydrogen-bond acceptors (Lipinski definition) is 2. The van der Waals surface area contributed by atoms with Gasteiger partial charge in [-0.25, -0.2) is 24.6 Å². The number of hydrogen-bond donors (Lipinski definition) is 0. The van der Waals surface area contributed by atoms with Crippen LogP contribution in [0.2, 0.25) is 12.1 Å². The highest BCUT2D eigenvalue weighted by Crippen LogP contribution is 2.17. The van der Waals surface area contributed by atoms with Crippen molar-refractivity contribution in [3.05, 3.63) is 0 Å². The highest BCUT2D eigenvalue weighted by molar-refractivity contribution is 6.58. The molecule has 0 radical (unpaired) electrons. The van der Waals surface area contributed by atoms with Crippen LogP contribution >= 0.6 is 0 Å². The van der Waals surface area contributed by atoms with E-state index < -0.39 is 30.2 Å². The maximum Gasteiger partial charge on any atom is 0.616 e. The van der Waals surface area contributed by atoms with Crippen molar-refractivity contribution in [3.63, 3.8) is 0 Å². The summed E-state index contributed by atoms with van der Waals surface area (Å²) >= 11 is 0. The molecular formula is C8H12F6N2Si2. The molecule has 0 amide bonds. The van der Waals surface area contributed by atoms with Crippen LogP contribution in [0.25, 0.3) is 0 Å². The van der Waals surface area contributed by atoms with Gasteiger partial charge in [0, 0.05) is 24.9 Å². The Hall–Kier alpha value is -1.01. The smallest absolute Gasteiger partial charge is 0.238 e. The predicted octanol–water partition coefficient (Wildman–Crippen LogP) is 4.28. The number of halogens is 6. The fraction of sp³-hybridized carbons (Fsp3) is 0.750. The van der Waals surface area contributed by atoms with Gasteiger partial charge in [0.2, 0.25) is 0 Å². The molecule has 0 saturated heterocycles. The van der Waals surface area contributed by atoms with Gasteiger partial charge in [-0.15, -0.1) is 0 Å². The van der Waals surface area contributed by atoms with E-state index in [1.807, 2.05) is 0 Å². The van der Waals surface area contributed by atoms with E-state index in [9.17, 15) is 24.6 Å². The molecule has 0 aromatic rings. The minimum Gasteiger partial charge on any atom is -0.238 e. The second kappa shape index (κ2) is 9.97. The highest BCUT2D eigenvalue weighted by atomic mass is 28.5. The first-order chi connectivity index (χ1) is 8.12. The Morgan fingerprint density at radius 2 is 0.944 bits per heavy atom. The van der Waals surface area contributed by atoms with E-state index in [0.29, 0.717) is 0 Å². The van der Waals surface area contributed by atoms with Gasteiger partial charge in [-0.3, -0.25) is 0 Å². The van der Waals surface area contributed by atoms with Crippen molar-refractivity contribution in [2.24, 2.45) is 0 Å². The van der Waals surface area contributed by atoms with E-state index >= 15 is 0 Å².